The zero-order valence-electron chi connectivity index (χ0n) is 7.13. The standard InChI is InChI=1S/C6H6N4O4/c1-3-4(9(11)12)2-8-6(7)5(3)10(13)14/h2,5,7H,1H3. The van der Waals surface area contributed by atoms with Crippen molar-refractivity contribution in [3.63, 3.8) is 0 Å². The molecule has 0 spiro atoms. The van der Waals surface area contributed by atoms with Crippen LogP contribution in [0.3, 0.4) is 0 Å². The highest BCUT2D eigenvalue weighted by molar-refractivity contribution is 5.99. The normalized spacial score (nSPS) is 21.2. The SMILES string of the molecule is CC1=C([N+](=O)[O-])C=NC(=N)C1[N+](=O)[O-]. The van der Waals surface area contributed by atoms with Crippen LogP contribution in [0.2, 0.25) is 0 Å². The fourth-order valence-electron chi connectivity index (χ4n) is 1.10. The molecule has 1 unspecified atom stereocenters. The number of nitrogens with zero attached hydrogens (tertiary/aromatic N) is 3. The lowest BCUT2D eigenvalue weighted by atomic mass is 10.0. The monoisotopic (exact) mass is 198 g/mol. The summed E-state index contributed by atoms with van der Waals surface area (Å²) >= 11 is 0. The third-order valence-electron chi connectivity index (χ3n) is 1.81. The summed E-state index contributed by atoms with van der Waals surface area (Å²) in [5, 5.41) is 28.0. The van der Waals surface area contributed by atoms with Gasteiger partial charge in [-0.3, -0.25) is 25.6 Å². The van der Waals surface area contributed by atoms with Crippen LogP contribution in [0.4, 0.5) is 0 Å². The molecule has 1 atom stereocenters. The Bertz CT molecular complexity index is 383. The lowest BCUT2D eigenvalue weighted by Crippen LogP contribution is -2.33. The second-order valence-corrected chi connectivity index (χ2v) is 2.66. The van der Waals surface area contributed by atoms with Gasteiger partial charge < -0.3 is 0 Å². The fraction of sp³-hybridized carbons (Fsp3) is 0.333. The van der Waals surface area contributed by atoms with Crippen molar-refractivity contribution in [1.29, 1.82) is 5.41 Å². The summed E-state index contributed by atoms with van der Waals surface area (Å²) in [6, 6.07) is -1.50. The molecule has 0 radical (unpaired) electrons. The summed E-state index contributed by atoms with van der Waals surface area (Å²) in [5.74, 6) is -0.488. The average molecular weight is 198 g/mol. The summed E-state index contributed by atoms with van der Waals surface area (Å²) in [7, 11) is 0. The Labute approximate surface area is 77.8 Å². The maximum Gasteiger partial charge on any atom is 0.298 e. The molecule has 1 rings (SSSR count). The fourth-order valence-corrected chi connectivity index (χ4v) is 1.10. The molecular formula is C6H6N4O4. The van der Waals surface area contributed by atoms with Crippen LogP contribution in [0.1, 0.15) is 6.92 Å². The van der Waals surface area contributed by atoms with Crippen molar-refractivity contribution in [1.82, 2.24) is 0 Å². The van der Waals surface area contributed by atoms with Crippen LogP contribution in [0.5, 0.6) is 0 Å². The first kappa shape index (κ1) is 9.96. The zero-order valence-corrected chi connectivity index (χ0v) is 7.13. The third kappa shape index (κ3) is 1.49. The quantitative estimate of drug-likeness (QED) is 0.504. The number of rotatable bonds is 2. The summed E-state index contributed by atoms with van der Waals surface area (Å²) < 4.78 is 0. The third-order valence-corrected chi connectivity index (χ3v) is 1.81. The number of hydrogen-bond acceptors (Lipinski definition) is 5. The van der Waals surface area contributed by atoms with E-state index in [1.807, 2.05) is 0 Å². The van der Waals surface area contributed by atoms with Crippen molar-refractivity contribution >= 4 is 12.1 Å². The molecular weight excluding hydrogens is 192 g/mol. The maximum atomic E-state index is 10.5. The molecule has 0 bridgehead atoms. The van der Waals surface area contributed by atoms with Crippen LogP contribution in [0, 0.1) is 25.6 Å². The van der Waals surface area contributed by atoms with Gasteiger partial charge in [-0.25, -0.2) is 4.99 Å². The Hall–Kier alpha value is -2.12. The van der Waals surface area contributed by atoms with E-state index in [0.717, 1.165) is 6.21 Å². The van der Waals surface area contributed by atoms with Crippen LogP contribution >= 0.6 is 0 Å². The molecule has 0 aromatic heterocycles. The van der Waals surface area contributed by atoms with E-state index in [1.54, 1.807) is 0 Å². The van der Waals surface area contributed by atoms with E-state index in [1.165, 1.54) is 6.92 Å². The minimum atomic E-state index is -1.50. The Morgan fingerprint density at radius 1 is 1.50 bits per heavy atom. The van der Waals surface area contributed by atoms with Gasteiger partial charge in [0.2, 0.25) is 5.84 Å². The Morgan fingerprint density at radius 2 is 2.07 bits per heavy atom. The molecule has 0 aliphatic carbocycles. The number of allylic oxidation sites excluding steroid dienone is 1. The molecule has 74 valence electrons. The molecule has 0 aromatic rings. The molecule has 1 N–H and O–H groups in total. The van der Waals surface area contributed by atoms with E-state index in [4.69, 9.17) is 5.41 Å². The van der Waals surface area contributed by atoms with Gasteiger partial charge in [0.05, 0.1) is 10.5 Å². The highest BCUT2D eigenvalue weighted by Crippen LogP contribution is 2.16. The Kier molecular flexibility index (Phi) is 2.36. The van der Waals surface area contributed by atoms with Crippen LogP contribution in [-0.4, -0.2) is 27.9 Å². The van der Waals surface area contributed by atoms with Crippen molar-refractivity contribution < 1.29 is 9.85 Å². The molecule has 1 aliphatic heterocycles. The van der Waals surface area contributed by atoms with Gasteiger partial charge in [0.1, 0.15) is 6.21 Å². The van der Waals surface area contributed by atoms with Crippen molar-refractivity contribution in [2.75, 3.05) is 0 Å². The van der Waals surface area contributed by atoms with E-state index in [0.29, 0.717) is 0 Å². The van der Waals surface area contributed by atoms with E-state index in [2.05, 4.69) is 4.99 Å². The van der Waals surface area contributed by atoms with E-state index < -0.39 is 27.4 Å². The largest absolute Gasteiger partial charge is 0.298 e. The number of nitro groups is 2. The van der Waals surface area contributed by atoms with Gasteiger partial charge in [0, 0.05) is 4.92 Å². The molecule has 0 saturated heterocycles. The minimum absolute atomic E-state index is 0.0694. The van der Waals surface area contributed by atoms with Crippen molar-refractivity contribution in [2.24, 2.45) is 4.99 Å². The topological polar surface area (TPSA) is 122 Å². The highest BCUT2D eigenvalue weighted by Gasteiger charge is 2.37. The number of nitrogens with one attached hydrogen (secondary N) is 1. The predicted molar refractivity (Wildman–Crippen MR) is 46.7 cm³/mol. The smallest absolute Gasteiger partial charge is 0.280 e. The van der Waals surface area contributed by atoms with E-state index >= 15 is 0 Å². The first-order chi connectivity index (χ1) is 6.45. The molecule has 8 heteroatoms. The summed E-state index contributed by atoms with van der Waals surface area (Å²) in [4.78, 5) is 22.7. The Balaban J connectivity index is 3.21. The number of dihydropyridines is 1. The van der Waals surface area contributed by atoms with Crippen molar-refractivity contribution in [3.05, 3.63) is 31.5 Å². The molecule has 0 aromatic carbocycles. The molecule has 8 nitrogen and oxygen atoms in total. The molecule has 14 heavy (non-hydrogen) atoms. The molecule has 1 aliphatic rings. The van der Waals surface area contributed by atoms with Crippen LogP contribution in [0.15, 0.2) is 16.3 Å². The van der Waals surface area contributed by atoms with Crippen LogP contribution < -0.4 is 0 Å². The van der Waals surface area contributed by atoms with Gasteiger partial charge >= 0.3 is 0 Å². The van der Waals surface area contributed by atoms with Gasteiger partial charge in [-0.15, -0.1) is 0 Å². The second kappa shape index (κ2) is 3.32. The van der Waals surface area contributed by atoms with E-state index in [9.17, 15) is 20.2 Å². The minimum Gasteiger partial charge on any atom is -0.280 e. The van der Waals surface area contributed by atoms with Crippen molar-refractivity contribution in [2.45, 2.75) is 13.0 Å². The van der Waals surface area contributed by atoms with Crippen LogP contribution in [0.25, 0.3) is 0 Å². The first-order valence-electron chi connectivity index (χ1n) is 3.56. The number of amidine groups is 1. The van der Waals surface area contributed by atoms with Crippen LogP contribution in [-0.2, 0) is 0 Å². The van der Waals surface area contributed by atoms with E-state index in [-0.39, 0.29) is 5.57 Å². The molecule has 0 fully saturated rings. The lowest BCUT2D eigenvalue weighted by molar-refractivity contribution is -0.496. The summed E-state index contributed by atoms with van der Waals surface area (Å²) in [6.45, 7) is 1.26. The lowest BCUT2D eigenvalue weighted by Gasteiger charge is -2.10. The molecule has 0 amide bonds. The average Bonchev–Trinajstić information content (AvgIpc) is 2.02. The van der Waals surface area contributed by atoms with Gasteiger partial charge in [0.15, 0.2) is 0 Å². The van der Waals surface area contributed by atoms with Gasteiger partial charge in [0.25, 0.3) is 11.7 Å². The summed E-state index contributed by atoms with van der Waals surface area (Å²) in [6.07, 6.45) is 0.859. The Morgan fingerprint density at radius 3 is 2.50 bits per heavy atom. The number of aliphatic imine (C=N–C) groups is 1. The van der Waals surface area contributed by atoms with Gasteiger partial charge in [-0.05, 0) is 6.92 Å². The van der Waals surface area contributed by atoms with Crippen molar-refractivity contribution in [3.8, 4) is 0 Å². The second-order valence-electron chi connectivity index (χ2n) is 2.66. The summed E-state index contributed by atoms with van der Waals surface area (Å²) in [5.41, 5.74) is -0.484. The molecule has 1 heterocycles. The predicted octanol–water partition coefficient (Wildman–Crippen LogP) is 0.244. The highest BCUT2D eigenvalue weighted by atomic mass is 16.6. The first-order valence-corrected chi connectivity index (χ1v) is 3.56. The van der Waals surface area contributed by atoms with Gasteiger partial charge in [-0.2, -0.15) is 0 Å². The van der Waals surface area contributed by atoms with Gasteiger partial charge in [-0.1, -0.05) is 0 Å². The zero-order chi connectivity index (χ0) is 10.9. The number of hydrogen-bond donors (Lipinski definition) is 1. The maximum absolute atomic E-state index is 10.5. The molecule has 0 saturated carbocycles.